The highest BCUT2D eigenvalue weighted by Gasteiger charge is 2.06. The molecule has 4 heteroatoms. The van der Waals surface area contributed by atoms with Crippen LogP contribution in [-0.4, -0.2) is 23.5 Å². The molecule has 1 atom stereocenters. The summed E-state index contributed by atoms with van der Waals surface area (Å²) in [6.07, 6.45) is 0.505. The Morgan fingerprint density at radius 2 is 1.83 bits per heavy atom. The third kappa shape index (κ3) is 5.68. The third-order valence-electron chi connectivity index (χ3n) is 2.32. The molecule has 0 amide bonds. The molecular weight excluding hydrogens is 232 g/mol. The molecular formula is C14H20O4. The van der Waals surface area contributed by atoms with E-state index in [4.69, 9.17) is 14.6 Å². The zero-order valence-corrected chi connectivity index (χ0v) is 11.1. The lowest BCUT2D eigenvalue weighted by Crippen LogP contribution is -2.20. The normalized spacial score (nSPS) is 12.4. The van der Waals surface area contributed by atoms with Gasteiger partial charge in [-0.05, 0) is 44.9 Å². The van der Waals surface area contributed by atoms with Crippen molar-refractivity contribution in [1.29, 1.82) is 0 Å². The highest BCUT2D eigenvalue weighted by Crippen LogP contribution is 2.15. The topological polar surface area (TPSA) is 55.8 Å². The Hall–Kier alpha value is -1.55. The zero-order chi connectivity index (χ0) is 13.5. The first-order valence-electron chi connectivity index (χ1n) is 6.10. The van der Waals surface area contributed by atoms with E-state index in [9.17, 15) is 4.79 Å². The van der Waals surface area contributed by atoms with Crippen molar-refractivity contribution >= 4 is 5.97 Å². The number of aryl methyl sites for hydroxylation is 1. The number of hydrogen-bond donors (Lipinski definition) is 1. The SMILES string of the molecule is CC(C)OC(C)Oc1ccc(CCC(=O)O)cc1. The second-order valence-corrected chi connectivity index (χ2v) is 4.41. The van der Waals surface area contributed by atoms with Crippen LogP contribution in [0.5, 0.6) is 5.75 Å². The summed E-state index contributed by atoms with van der Waals surface area (Å²) in [5, 5.41) is 8.59. The molecule has 1 unspecified atom stereocenters. The molecule has 1 N–H and O–H groups in total. The summed E-state index contributed by atoms with van der Waals surface area (Å²) in [5.41, 5.74) is 0.988. The van der Waals surface area contributed by atoms with Crippen molar-refractivity contribution in [1.82, 2.24) is 0 Å². The first-order chi connectivity index (χ1) is 8.47. The first-order valence-corrected chi connectivity index (χ1v) is 6.10. The molecule has 0 bridgehead atoms. The quantitative estimate of drug-likeness (QED) is 0.758. The molecule has 0 heterocycles. The molecule has 0 aromatic heterocycles. The van der Waals surface area contributed by atoms with Crippen molar-refractivity contribution in [2.24, 2.45) is 0 Å². The summed E-state index contributed by atoms with van der Waals surface area (Å²) in [6, 6.07) is 7.41. The van der Waals surface area contributed by atoms with Gasteiger partial charge in [0.15, 0.2) is 6.29 Å². The van der Waals surface area contributed by atoms with Crippen LogP contribution in [0.2, 0.25) is 0 Å². The van der Waals surface area contributed by atoms with Gasteiger partial charge in [0.2, 0.25) is 0 Å². The lowest BCUT2D eigenvalue weighted by Gasteiger charge is -2.17. The Balaban J connectivity index is 2.47. The maximum Gasteiger partial charge on any atom is 0.303 e. The lowest BCUT2D eigenvalue weighted by atomic mass is 10.1. The Morgan fingerprint density at radius 3 is 2.33 bits per heavy atom. The van der Waals surface area contributed by atoms with Gasteiger partial charge in [-0.15, -0.1) is 0 Å². The predicted octanol–water partition coefficient (Wildman–Crippen LogP) is 2.85. The van der Waals surface area contributed by atoms with Crippen LogP contribution in [0.1, 0.15) is 32.8 Å². The van der Waals surface area contributed by atoms with Gasteiger partial charge < -0.3 is 14.6 Å². The molecule has 0 aliphatic carbocycles. The number of carboxylic acid groups (broad SMARTS) is 1. The maximum absolute atomic E-state index is 10.4. The number of carboxylic acids is 1. The monoisotopic (exact) mass is 252 g/mol. The minimum Gasteiger partial charge on any atom is -0.481 e. The smallest absolute Gasteiger partial charge is 0.303 e. The van der Waals surface area contributed by atoms with Crippen molar-refractivity contribution in [3.8, 4) is 5.75 Å². The Labute approximate surface area is 108 Å². The summed E-state index contributed by atoms with van der Waals surface area (Å²) in [6.45, 7) is 5.75. The molecule has 1 aromatic rings. The van der Waals surface area contributed by atoms with Gasteiger partial charge >= 0.3 is 5.97 Å². The maximum atomic E-state index is 10.4. The summed E-state index contributed by atoms with van der Waals surface area (Å²) in [5.74, 6) is -0.0588. The summed E-state index contributed by atoms with van der Waals surface area (Å²) < 4.78 is 11.0. The Morgan fingerprint density at radius 1 is 1.22 bits per heavy atom. The molecule has 4 nitrogen and oxygen atoms in total. The lowest BCUT2D eigenvalue weighted by molar-refractivity contribution is -0.136. The summed E-state index contributed by atoms with van der Waals surface area (Å²) in [7, 11) is 0. The number of ether oxygens (including phenoxy) is 2. The molecule has 0 aliphatic rings. The van der Waals surface area contributed by atoms with Crippen LogP contribution < -0.4 is 4.74 Å². The molecule has 0 fully saturated rings. The number of aliphatic carboxylic acids is 1. The molecule has 0 saturated heterocycles. The van der Waals surface area contributed by atoms with Crippen LogP contribution in [-0.2, 0) is 16.0 Å². The van der Waals surface area contributed by atoms with E-state index in [1.807, 2.05) is 45.0 Å². The molecule has 1 rings (SSSR count). The number of carbonyl (C=O) groups is 1. The molecule has 0 aliphatic heterocycles. The van der Waals surface area contributed by atoms with Crippen LogP contribution in [0.25, 0.3) is 0 Å². The molecule has 1 aromatic carbocycles. The number of rotatable bonds is 7. The van der Waals surface area contributed by atoms with Crippen LogP contribution in [0.15, 0.2) is 24.3 Å². The Bertz CT molecular complexity index is 370. The molecule has 0 spiro atoms. The summed E-state index contributed by atoms with van der Waals surface area (Å²) in [4.78, 5) is 10.4. The van der Waals surface area contributed by atoms with E-state index in [-0.39, 0.29) is 18.8 Å². The van der Waals surface area contributed by atoms with Crippen molar-refractivity contribution in [2.45, 2.75) is 46.0 Å². The van der Waals surface area contributed by atoms with Crippen molar-refractivity contribution in [2.75, 3.05) is 0 Å². The second kappa shape index (κ2) is 7.01. The second-order valence-electron chi connectivity index (χ2n) is 4.41. The first kappa shape index (κ1) is 14.5. The van der Waals surface area contributed by atoms with Crippen molar-refractivity contribution in [3.63, 3.8) is 0 Å². The average molecular weight is 252 g/mol. The van der Waals surface area contributed by atoms with Gasteiger partial charge in [0.25, 0.3) is 0 Å². The van der Waals surface area contributed by atoms with Crippen molar-refractivity contribution in [3.05, 3.63) is 29.8 Å². The van der Waals surface area contributed by atoms with E-state index >= 15 is 0 Å². The largest absolute Gasteiger partial charge is 0.481 e. The van der Waals surface area contributed by atoms with E-state index < -0.39 is 5.97 Å². The fraction of sp³-hybridized carbons (Fsp3) is 0.500. The summed E-state index contributed by atoms with van der Waals surface area (Å²) >= 11 is 0. The van der Waals surface area contributed by atoms with Gasteiger partial charge in [-0.1, -0.05) is 12.1 Å². The third-order valence-corrected chi connectivity index (χ3v) is 2.32. The Kier molecular flexibility index (Phi) is 5.65. The fourth-order valence-corrected chi connectivity index (χ4v) is 1.59. The highest BCUT2D eigenvalue weighted by molar-refractivity contribution is 5.67. The molecule has 0 radical (unpaired) electrons. The zero-order valence-electron chi connectivity index (χ0n) is 11.1. The number of benzene rings is 1. The van der Waals surface area contributed by atoms with Crippen LogP contribution in [0.3, 0.4) is 0 Å². The minimum absolute atomic E-state index is 0.120. The van der Waals surface area contributed by atoms with Crippen LogP contribution in [0, 0.1) is 0 Å². The predicted molar refractivity (Wildman–Crippen MR) is 68.7 cm³/mol. The van der Waals surface area contributed by atoms with Gasteiger partial charge in [0.1, 0.15) is 5.75 Å². The van der Waals surface area contributed by atoms with E-state index in [1.165, 1.54) is 0 Å². The fourth-order valence-electron chi connectivity index (χ4n) is 1.59. The van der Waals surface area contributed by atoms with E-state index in [0.29, 0.717) is 6.42 Å². The average Bonchev–Trinajstić information content (AvgIpc) is 2.26. The van der Waals surface area contributed by atoms with Gasteiger partial charge in [0, 0.05) is 6.42 Å². The number of hydrogen-bond acceptors (Lipinski definition) is 3. The van der Waals surface area contributed by atoms with Crippen molar-refractivity contribution < 1.29 is 19.4 Å². The molecule has 18 heavy (non-hydrogen) atoms. The van der Waals surface area contributed by atoms with E-state index in [0.717, 1.165) is 11.3 Å². The van der Waals surface area contributed by atoms with Crippen LogP contribution >= 0.6 is 0 Å². The minimum atomic E-state index is -0.783. The van der Waals surface area contributed by atoms with E-state index in [2.05, 4.69) is 0 Å². The van der Waals surface area contributed by atoms with Gasteiger partial charge in [0.05, 0.1) is 6.10 Å². The van der Waals surface area contributed by atoms with Gasteiger partial charge in [-0.3, -0.25) is 4.79 Å². The van der Waals surface area contributed by atoms with Gasteiger partial charge in [-0.25, -0.2) is 0 Å². The molecule has 0 saturated carbocycles. The van der Waals surface area contributed by atoms with Crippen LogP contribution in [0.4, 0.5) is 0 Å². The van der Waals surface area contributed by atoms with Gasteiger partial charge in [-0.2, -0.15) is 0 Å². The van der Waals surface area contributed by atoms with E-state index in [1.54, 1.807) is 0 Å². The highest BCUT2D eigenvalue weighted by atomic mass is 16.7. The molecule has 100 valence electrons. The standard InChI is InChI=1S/C14H20O4/c1-10(2)17-11(3)18-13-7-4-12(5-8-13)6-9-14(15)16/h4-5,7-8,10-11H,6,9H2,1-3H3,(H,15,16).